The second kappa shape index (κ2) is 10.2. The first-order valence-electron chi connectivity index (χ1n) is 18.5. The van der Waals surface area contributed by atoms with Crippen LogP contribution in [0, 0.1) is 28.6 Å². The minimum Gasteiger partial charge on any atom is -0.478 e. The first-order chi connectivity index (χ1) is 23.2. The molecule has 2 aromatic rings. The van der Waals surface area contributed by atoms with Crippen LogP contribution in [0.4, 0.5) is 0 Å². The van der Waals surface area contributed by atoms with Crippen LogP contribution in [-0.2, 0) is 21.4 Å². The molecular formula is C43H53NO6. The van der Waals surface area contributed by atoms with E-state index in [0.29, 0.717) is 17.9 Å². The van der Waals surface area contributed by atoms with Crippen LogP contribution in [0.25, 0.3) is 16.5 Å². The molecule has 50 heavy (non-hydrogen) atoms. The number of hydrogen-bond acceptors (Lipinski definition) is 5. The van der Waals surface area contributed by atoms with E-state index < -0.39 is 40.8 Å². The Morgan fingerprint density at radius 1 is 1.06 bits per heavy atom. The number of allylic oxidation sites excluding steroid dienone is 3. The zero-order chi connectivity index (χ0) is 36.2. The summed E-state index contributed by atoms with van der Waals surface area (Å²) in [6, 6.07) is 1.75. The van der Waals surface area contributed by atoms with Crippen LogP contribution in [0.3, 0.4) is 0 Å². The Morgan fingerprint density at radius 3 is 2.42 bits per heavy atom. The van der Waals surface area contributed by atoms with Gasteiger partial charge in [0.2, 0.25) is 0 Å². The summed E-state index contributed by atoms with van der Waals surface area (Å²) >= 11 is 0. The number of carboxylic acids is 1. The number of aliphatic hydroxyl groups excluding tert-OH is 2. The van der Waals surface area contributed by atoms with Gasteiger partial charge in [0.15, 0.2) is 5.78 Å². The molecule has 266 valence electrons. The largest absolute Gasteiger partial charge is 0.478 e. The Hall–Kier alpha value is -3.26. The average Bonchev–Trinajstić information content (AvgIpc) is 3.67. The maximum Gasteiger partial charge on any atom is 0.331 e. The SMILES string of the molecule is C=C(C)[C@H]1C(=O)c2c3c(cc4c5c(n1c24)[C@@]1(C)[C@@H](CCC2[C@](C)(/C=C/C=C(\C)C(=O)O)[C@@H](O)CC[C@@]21C)C5)C1=CC(C)(C)OC(C)(C)[C@H]1[C@@H]3O. The highest BCUT2D eigenvalue weighted by Crippen LogP contribution is 2.71. The van der Waals surface area contributed by atoms with Crippen molar-refractivity contribution in [1.82, 2.24) is 4.57 Å². The molecule has 2 saturated carbocycles. The van der Waals surface area contributed by atoms with E-state index in [4.69, 9.17) is 4.74 Å². The number of aliphatic hydroxyl groups is 2. The molecular weight excluding hydrogens is 626 g/mol. The third-order valence-electron chi connectivity index (χ3n) is 14.8. The number of carbonyl (C=O) groups is 2. The maximum atomic E-state index is 14.8. The van der Waals surface area contributed by atoms with Crippen molar-refractivity contribution < 1.29 is 29.6 Å². The molecule has 4 aliphatic carbocycles. The number of Topliss-reactive ketones (excluding diaryl/α,β-unsaturated/α-hetero) is 1. The number of carbonyl (C=O) groups excluding carboxylic acids is 1. The molecule has 1 aromatic heterocycles. The van der Waals surface area contributed by atoms with Gasteiger partial charge in [-0.05, 0) is 120 Å². The lowest BCUT2D eigenvalue weighted by Crippen LogP contribution is -2.62. The maximum absolute atomic E-state index is 14.8. The molecule has 0 spiro atoms. The van der Waals surface area contributed by atoms with Crippen molar-refractivity contribution in [3.05, 3.63) is 76.0 Å². The van der Waals surface area contributed by atoms with E-state index in [0.717, 1.165) is 58.9 Å². The number of nitrogens with zero attached hydrogens (tertiary/aromatic N) is 1. The topological polar surface area (TPSA) is 109 Å². The Kier molecular flexibility index (Phi) is 6.91. The number of hydrogen-bond donors (Lipinski definition) is 3. The minimum atomic E-state index is -0.950. The lowest BCUT2D eigenvalue weighted by Gasteiger charge is -2.64. The number of benzene rings is 1. The van der Waals surface area contributed by atoms with Gasteiger partial charge in [0.25, 0.3) is 0 Å². The quantitative estimate of drug-likeness (QED) is 0.171. The predicted molar refractivity (Wildman–Crippen MR) is 195 cm³/mol. The second-order valence-electron chi connectivity index (χ2n) is 18.3. The molecule has 6 aliphatic rings. The average molecular weight is 680 g/mol. The van der Waals surface area contributed by atoms with Crippen LogP contribution in [0.2, 0.25) is 0 Å². The molecule has 0 radical (unpaired) electrons. The van der Waals surface area contributed by atoms with Crippen molar-refractivity contribution in [2.45, 2.75) is 129 Å². The van der Waals surface area contributed by atoms with Crippen LogP contribution < -0.4 is 0 Å². The van der Waals surface area contributed by atoms with Crippen molar-refractivity contribution in [2.75, 3.05) is 0 Å². The van der Waals surface area contributed by atoms with Gasteiger partial charge in [-0.3, -0.25) is 4.79 Å². The smallest absolute Gasteiger partial charge is 0.331 e. The van der Waals surface area contributed by atoms with Crippen LogP contribution >= 0.6 is 0 Å². The fourth-order valence-corrected chi connectivity index (χ4v) is 12.6. The van der Waals surface area contributed by atoms with Gasteiger partial charge in [-0.2, -0.15) is 0 Å². The molecule has 0 amide bonds. The number of rotatable bonds is 4. The van der Waals surface area contributed by atoms with Crippen molar-refractivity contribution in [1.29, 1.82) is 0 Å². The lowest BCUT2D eigenvalue weighted by atomic mass is 9.40. The second-order valence-corrected chi connectivity index (χ2v) is 18.3. The lowest BCUT2D eigenvalue weighted by molar-refractivity contribution is -0.144. The van der Waals surface area contributed by atoms with Crippen LogP contribution in [0.15, 0.2) is 48.1 Å². The Morgan fingerprint density at radius 2 is 1.76 bits per heavy atom. The summed E-state index contributed by atoms with van der Waals surface area (Å²) in [4.78, 5) is 26.4. The molecule has 7 heteroatoms. The molecule has 0 bridgehead atoms. The zero-order valence-corrected chi connectivity index (χ0v) is 31.1. The van der Waals surface area contributed by atoms with Gasteiger partial charge in [-0.15, -0.1) is 0 Å². The molecule has 2 aliphatic heterocycles. The third kappa shape index (κ3) is 3.98. The van der Waals surface area contributed by atoms with Gasteiger partial charge < -0.3 is 24.6 Å². The Bertz CT molecular complexity index is 2020. The van der Waals surface area contributed by atoms with Crippen molar-refractivity contribution in [3.63, 3.8) is 0 Å². The molecule has 3 heterocycles. The molecule has 0 saturated heterocycles. The summed E-state index contributed by atoms with van der Waals surface area (Å²) in [5, 5.41) is 34.4. The monoisotopic (exact) mass is 679 g/mol. The Labute approximate surface area is 295 Å². The van der Waals surface area contributed by atoms with E-state index in [9.17, 15) is 24.9 Å². The van der Waals surface area contributed by atoms with Crippen LogP contribution in [0.1, 0.15) is 133 Å². The first kappa shape index (κ1) is 33.9. The molecule has 2 fully saturated rings. The summed E-state index contributed by atoms with van der Waals surface area (Å²) in [6.45, 7) is 23.1. The van der Waals surface area contributed by atoms with Gasteiger partial charge in [0.05, 0.1) is 34.5 Å². The fraction of sp³-hybridized carbons (Fsp3) is 0.581. The molecule has 1 aromatic carbocycles. The predicted octanol–water partition coefficient (Wildman–Crippen LogP) is 8.18. The Balaban J connectivity index is 1.36. The van der Waals surface area contributed by atoms with E-state index in [-0.39, 0.29) is 34.0 Å². The molecule has 8 rings (SSSR count). The van der Waals surface area contributed by atoms with Gasteiger partial charge in [-0.1, -0.05) is 51.2 Å². The summed E-state index contributed by atoms with van der Waals surface area (Å²) < 4.78 is 8.86. The van der Waals surface area contributed by atoms with Gasteiger partial charge >= 0.3 is 5.97 Å². The number of carboxylic acid groups (broad SMARTS) is 1. The summed E-state index contributed by atoms with van der Waals surface area (Å²) in [5.74, 6) is -0.702. The van der Waals surface area contributed by atoms with E-state index in [2.05, 4.69) is 64.0 Å². The molecule has 3 N–H and O–H groups in total. The summed E-state index contributed by atoms with van der Waals surface area (Å²) in [7, 11) is 0. The highest BCUT2D eigenvalue weighted by molar-refractivity contribution is 6.18. The summed E-state index contributed by atoms with van der Waals surface area (Å²) in [6.07, 6.45) is 10.7. The number of ether oxygens (including phenoxy) is 1. The standard InChI is InChI=1S/C43H53NO6/c1-21(2)33-36(47)31-30-24(27-20-39(4,5)50-40(6,7)32(27)35(30)46)19-25-26-18-23-13-14-28-41(8,16-11-12-22(3)38(48)49)29(45)15-17-42(28,9)43(23,10)37(26)44(33)34(25)31/h11-12,16,19-20,23,28-29,32-33,35,45-46H,1,13-15,17-18H2,2-10H3,(H,48,49)/b16-11+,22-12+/t23-,28?,29-,32+,33-,35+,41-,42-,43+/m0/s1. The van der Waals surface area contributed by atoms with Crippen molar-refractivity contribution in [3.8, 4) is 0 Å². The molecule has 9 atom stereocenters. The van der Waals surface area contributed by atoms with Gasteiger partial charge in [0.1, 0.15) is 6.04 Å². The molecule has 7 nitrogen and oxygen atoms in total. The van der Waals surface area contributed by atoms with Gasteiger partial charge in [0, 0.05) is 39.0 Å². The number of ketones is 1. The van der Waals surface area contributed by atoms with Crippen molar-refractivity contribution >= 4 is 28.2 Å². The van der Waals surface area contributed by atoms with E-state index >= 15 is 0 Å². The van der Waals surface area contributed by atoms with Crippen LogP contribution in [-0.4, -0.2) is 48.9 Å². The minimum absolute atomic E-state index is 0.0189. The highest BCUT2D eigenvalue weighted by atomic mass is 16.5. The van der Waals surface area contributed by atoms with Crippen molar-refractivity contribution in [2.24, 2.45) is 28.6 Å². The number of fused-ring (bicyclic) bond motifs is 11. The first-order valence-corrected chi connectivity index (χ1v) is 18.5. The van der Waals surface area contributed by atoms with E-state index in [1.165, 1.54) is 11.3 Å². The van der Waals surface area contributed by atoms with Crippen LogP contribution in [0.5, 0.6) is 0 Å². The molecule has 1 unspecified atom stereocenters. The number of aliphatic carboxylic acids is 1. The van der Waals surface area contributed by atoms with Gasteiger partial charge in [-0.25, -0.2) is 4.79 Å². The van der Waals surface area contributed by atoms with E-state index in [1.54, 1.807) is 13.0 Å². The normalized spacial score (nSPS) is 39.2. The third-order valence-corrected chi connectivity index (χ3v) is 14.8. The van der Waals surface area contributed by atoms with E-state index in [1.807, 2.05) is 26.8 Å². The highest BCUT2D eigenvalue weighted by Gasteiger charge is 2.67. The summed E-state index contributed by atoms with van der Waals surface area (Å²) in [5.41, 5.74) is 5.80. The number of aromatic nitrogens is 1. The fourth-order valence-electron chi connectivity index (χ4n) is 12.6. The zero-order valence-electron chi connectivity index (χ0n) is 31.1.